The van der Waals surface area contributed by atoms with Crippen LogP contribution in [0.25, 0.3) is 0 Å². The second-order valence-corrected chi connectivity index (χ2v) is 7.68. The average Bonchev–Trinajstić information content (AvgIpc) is 3.01. The molecule has 0 spiro atoms. The van der Waals surface area contributed by atoms with Crippen LogP contribution in [0.5, 0.6) is 0 Å². The fraction of sp³-hybridized carbons (Fsp3) is 0.632. The first-order valence-corrected chi connectivity index (χ1v) is 8.99. The van der Waals surface area contributed by atoms with Gasteiger partial charge in [0.1, 0.15) is 6.04 Å². The number of nitrogens with zero attached hydrogens (tertiary/aromatic N) is 3. The van der Waals surface area contributed by atoms with Gasteiger partial charge in [-0.3, -0.25) is 9.69 Å². The lowest BCUT2D eigenvalue weighted by Crippen LogP contribution is -2.50. The summed E-state index contributed by atoms with van der Waals surface area (Å²) in [5.74, 6) is 0.239. The van der Waals surface area contributed by atoms with Gasteiger partial charge in [-0.05, 0) is 31.0 Å². The number of benzene rings is 1. The van der Waals surface area contributed by atoms with Crippen LogP contribution in [0.1, 0.15) is 24.9 Å². The van der Waals surface area contributed by atoms with E-state index in [1.807, 2.05) is 23.1 Å². The molecule has 132 valence electrons. The van der Waals surface area contributed by atoms with Crippen molar-refractivity contribution in [3.05, 3.63) is 35.9 Å². The minimum atomic E-state index is -0.167. The maximum atomic E-state index is 13.4. The summed E-state index contributed by atoms with van der Waals surface area (Å²) in [6.07, 6.45) is 0.999. The maximum Gasteiger partial charge on any atom is 0.244 e. The third kappa shape index (κ3) is 3.63. The van der Waals surface area contributed by atoms with Crippen molar-refractivity contribution < 1.29 is 4.79 Å². The molecular formula is C19H30N4O. The second kappa shape index (κ2) is 7.21. The first kappa shape index (κ1) is 17.4. The molecular weight excluding hydrogens is 300 g/mol. The topological polar surface area (TPSA) is 52.8 Å². The lowest BCUT2D eigenvalue weighted by Gasteiger charge is -2.39. The van der Waals surface area contributed by atoms with E-state index < -0.39 is 0 Å². The molecule has 0 radical (unpaired) electrons. The van der Waals surface area contributed by atoms with Crippen LogP contribution in [-0.4, -0.2) is 73.5 Å². The lowest BCUT2D eigenvalue weighted by atomic mass is 9.90. The minimum absolute atomic E-state index is 0.0685. The maximum absolute atomic E-state index is 13.4. The average molecular weight is 330 g/mol. The lowest BCUT2D eigenvalue weighted by molar-refractivity contribution is -0.137. The van der Waals surface area contributed by atoms with Gasteiger partial charge in [-0.1, -0.05) is 37.3 Å². The van der Waals surface area contributed by atoms with E-state index in [9.17, 15) is 4.79 Å². The standard InChI is InChI=1S/C19H30N4O/c1-19(14-20)8-9-23(15-19)18(24)17(16-6-4-3-5-7-16)22-12-10-21(2)11-13-22/h3-7,17H,8-15,20H2,1-2H3. The Morgan fingerprint density at radius 3 is 2.42 bits per heavy atom. The molecule has 24 heavy (non-hydrogen) atoms. The molecule has 2 heterocycles. The minimum Gasteiger partial charge on any atom is -0.340 e. The molecule has 1 aromatic rings. The number of hydrogen-bond acceptors (Lipinski definition) is 4. The van der Waals surface area contributed by atoms with E-state index in [1.165, 1.54) is 0 Å². The summed E-state index contributed by atoms with van der Waals surface area (Å²) in [6, 6.07) is 10.1. The fourth-order valence-corrected chi connectivity index (χ4v) is 3.78. The zero-order valence-corrected chi connectivity index (χ0v) is 14.9. The zero-order valence-electron chi connectivity index (χ0n) is 14.9. The normalized spacial score (nSPS) is 27.4. The summed E-state index contributed by atoms with van der Waals surface area (Å²) in [5, 5.41) is 0. The van der Waals surface area contributed by atoms with Crippen molar-refractivity contribution in [2.75, 3.05) is 52.9 Å². The molecule has 0 saturated carbocycles. The van der Waals surface area contributed by atoms with Gasteiger partial charge in [0.25, 0.3) is 0 Å². The van der Waals surface area contributed by atoms with E-state index in [4.69, 9.17) is 5.73 Å². The van der Waals surface area contributed by atoms with Gasteiger partial charge in [-0.2, -0.15) is 0 Å². The van der Waals surface area contributed by atoms with Crippen molar-refractivity contribution in [3.8, 4) is 0 Å². The van der Waals surface area contributed by atoms with Crippen LogP contribution < -0.4 is 5.73 Å². The summed E-state index contributed by atoms with van der Waals surface area (Å²) >= 11 is 0. The summed E-state index contributed by atoms with van der Waals surface area (Å²) in [4.78, 5) is 20.1. The van der Waals surface area contributed by atoms with Crippen LogP contribution >= 0.6 is 0 Å². The van der Waals surface area contributed by atoms with Crippen LogP contribution in [0.4, 0.5) is 0 Å². The van der Waals surface area contributed by atoms with Crippen molar-refractivity contribution in [2.45, 2.75) is 19.4 Å². The van der Waals surface area contributed by atoms with Crippen LogP contribution in [0.3, 0.4) is 0 Å². The van der Waals surface area contributed by atoms with Gasteiger partial charge in [0.05, 0.1) is 0 Å². The molecule has 0 bridgehead atoms. The number of piperazine rings is 1. The Bertz CT molecular complexity index is 556. The Morgan fingerprint density at radius 2 is 1.83 bits per heavy atom. The van der Waals surface area contributed by atoms with Gasteiger partial charge in [-0.25, -0.2) is 0 Å². The first-order valence-electron chi connectivity index (χ1n) is 8.99. The highest BCUT2D eigenvalue weighted by atomic mass is 16.2. The van der Waals surface area contributed by atoms with Crippen LogP contribution in [-0.2, 0) is 4.79 Å². The molecule has 2 aliphatic heterocycles. The number of carbonyl (C=O) groups excluding carboxylic acids is 1. The highest BCUT2D eigenvalue weighted by Gasteiger charge is 2.39. The first-order chi connectivity index (χ1) is 11.5. The van der Waals surface area contributed by atoms with Crippen molar-refractivity contribution in [3.63, 3.8) is 0 Å². The summed E-state index contributed by atoms with van der Waals surface area (Å²) in [5.41, 5.74) is 7.10. The second-order valence-electron chi connectivity index (χ2n) is 7.68. The predicted octanol–water partition coefficient (Wildman–Crippen LogP) is 1.17. The summed E-state index contributed by atoms with van der Waals surface area (Å²) in [7, 11) is 2.14. The van der Waals surface area contributed by atoms with Crippen LogP contribution in [0, 0.1) is 5.41 Å². The van der Waals surface area contributed by atoms with Gasteiger partial charge in [-0.15, -0.1) is 0 Å². The van der Waals surface area contributed by atoms with Gasteiger partial charge >= 0.3 is 0 Å². The molecule has 2 fully saturated rings. The zero-order chi connectivity index (χ0) is 17.2. The van der Waals surface area contributed by atoms with Crippen molar-refractivity contribution in [2.24, 2.45) is 11.1 Å². The van der Waals surface area contributed by atoms with Gasteiger partial charge in [0.15, 0.2) is 0 Å². The predicted molar refractivity (Wildman–Crippen MR) is 96.6 cm³/mol. The van der Waals surface area contributed by atoms with E-state index in [0.29, 0.717) is 6.54 Å². The Hall–Kier alpha value is -1.43. The van der Waals surface area contributed by atoms with Gasteiger partial charge in [0.2, 0.25) is 5.91 Å². The van der Waals surface area contributed by atoms with E-state index >= 15 is 0 Å². The molecule has 2 aliphatic rings. The Labute approximate surface area is 145 Å². The molecule has 2 saturated heterocycles. The number of nitrogens with two attached hydrogens (primary N) is 1. The third-order valence-corrected chi connectivity index (χ3v) is 5.61. The highest BCUT2D eigenvalue weighted by Crippen LogP contribution is 2.32. The van der Waals surface area contributed by atoms with Crippen LogP contribution in [0.15, 0.2) is 30.3 Å². The highest BCUT2D eigenvalue weighted by molar-refractivity contribution is 5.83. The number of carbonyl (C=O) groups is 1. The quantitative estimate of drug-likeness (QED) is 0.900. The van der Waals surface area contributed by atoms with E-state index in [2.05, 4.69) is 35.9 Å². The van der Waals surface area contributed by atoms with E-state index in [1.54, 1.807) is 0 Å². The van der Waals surface area contributed by atoms with Crippen molar-refractivity contribution >= 4 is 5.91 Å². The molecule has 2 atom stereocenters. The molecule has 2 unspecified atom stereocenters. The Kier molecular flexibility index (Phi) is 5.23. The number of likely N-dealkylation sites (N-methyl/N-ethyl adjacent to an activating group) is 1. The van der Waals surface area contributed by atoms with Crippen molar-refractivity contribution in [1.29, 1.82) is 0 Å². The molecule has 5 nitrogen and oxygen atoms in total. The SMILES string of the molecule is CN1CCN(C(C(=O)N2CCC(C)(CN)C2)c2ccccc2)CC1. The number of likely N-dealkylation sites (tertiary alicyclic amines) is 1. The fourth-order valence-electron chi connectivity index (χ4n) is 3.78. The molecule has 2 N–H and O–H groups in total. The Balaban J connectivity index is 1.81. The molecule has 3 rings (SSSR count). The van der Waals surface area contributed by atoms with E-state index in [-0.39, 0.29) is 17.4 Å². The molecule has 5 heteroatoms. The smallest absolute Gasteiger partial charge is 0.244 e. The van der Waals surface area contributed by atoms with Crippen LogP contribution in [0.2, 0.25) is 0 Å². The Morgan fingerprint density at radius 1 is 1.17 bits per heavy atom. The van der Waals surface area contributed by atoms with Gasteiger partial charge in [0, 0.05) is 39.3 Å². The van der Waals surface area contributed by atoms with Gasteiger partial charge < -0.3 is 15.5 Å². The number of amides is 1. The van der Waals surface area contributed by atoms with Crippen molar-refractivity contribution in [1.82, 2.24) is 14.7 Å². The van der Waals surface area contributed by atoms with E-state index in [0.717, 1.165) is 51.3 Å². The summed E-state index contributed by atoms with van der Waals surface area (Å²) < 4.78 is 0. The largest absolute Gasteiger partial charge is 0.340 e. The summed E-state index contributed by atoms with van der Waals surface area (Å²) in [6.45, 7) is 8.32. The molecule has 0 aromatic heterocycles. The molecule has 1 aromatic carbocycles. The molecule has 0 aliphatic carbocycles. The number of rotatable bonds is 4. The third-order valence-electron chi connectivity index (χ3n) is 5.61. The number of hydrogen-bond donors (Lipinski definition) is 1. The molecule has 1 amide bonds. The monoisotopic (exact) mass is 330 g/mol.